The topological polar surface area (TPSA) is 69.2 Å². The van der Waals surface area contributed by atoms with Crippen LogP contribution < -0.4 is 5.73 Å². The minimum atomic E-state index is -0.852. The third kappa shape index (κ3) is 3.63. The SMILES string of the molecule is CC(C)(CCN)[N+](=O)[O-].Cl. The lowest BCUT2D eigenvalue weighted by molar-refractivity contribution is -0.561. The average Bonchev–Trinajstić information content (AvgIpc) is 1.65. The van der Waals surface area contributed by atoms with E-state index in [1.54, 1.807) is 13.8 Å². The highest BCUT2D eigenvalue weighted by molar-refractivity contribution is 5.85. The highest BCUT2D eigenvalue weighted by atomic mass is 35.5. The van der Waals surface area contributed by atoms with Crippen LogP contribution in [0.1, 0.15) is 20.3 Å². The molecular formula is C5H13ClN2O2. The van der Waals surface area contributed by atoms with Crippen LogP contribution in [0.5, 0.6) is 0 Å². The van der Waals surface area contributed by atoms with Crippen molar-refractivity contribution in [3.8, 4) is 0 Å². The Balaban J connectivity index is 0. The summed E-state index contributed by atoms with van der Waals surface area (Å²) in [6, 6.07) is 0. The van der Waals surface area contributed by atoms with Gasteiger partial charge in [0.1, 0.15) is 0 Å². The van der Waals surface area contributed by atoms with E-state index in [9.17, 15) is 10.1 Å². The molecule has 0 radical (unpaired) electrons. The smallest absolute Gasteiger partial charge is 0.218 e. The largest absolute Gasteiger partial charge is 0.330 e. The molecule has 0 aliphatic rings. The second-order valence-electron chi connectivity index (χ2n) is 2.61. The van der Waals surface area contributed by atoms with Gasteiger partial charge in [0.15, 0.2) is 0 Å². The van der Waals surface area contributed by atoms with Gasteiger partial charge in [-0.3, -0.25) is 10.1 Å². The second kappa shape index (κ2) is 4.46. The maximum atomic E-state index is 10.2. The molecule has 62 valence electrons. The van der Waals surface area contributed by atoms with Gasteiger partial charge in [0, 0.05) is 25.2 Å². The van der Waals surface area contributed by atoms with E-state index < -0.39 is 5.54 Å². The minimum absolute atomic E-state index is 0. The number of nitrogens with two attached hydrogens (primary N) is 1. The summed E-state index contributed by atoms with van der Waals surface area (Å²) < 4.78 is 0. The van der Waals surface area contributed by atoms with E-state index in [1.807, 2.05) is 0 Å². The zero-order valence-electron chi connectivity index (χ0n) is 6.16. The van der Waals surface area contributed by atoms with Crippen LogP contribution in [0.3, 0.4) is 0 Å². The Morgan fingerprint density at radius 2 is 2.00 bits per heavy atom. The number of hydrogen-bond donors (Lipinski definition) is 1. The van der Waals surface area contributed by atoms with Crippen LogP contribution in [0.15, 0.2) is 0 Å². The third-order valence-electron chi connectivity index (χ3n) is 1.25. The van der Waals surface area contributed by atoms with E-state index >= 15 is 0 Å². The number of hydrogen-bond acceptors (Lipinski definition) is 3. The summed E-state index contributed by atoms with van der Waals surface area (Å²) in [4.78, 5) is 9.86. The zero-order chi connectivity index (χ0) is 7.49. The van der Waals surface area contributed by atoms with Crippen molar-refractivity contribution in [2.75, 3.05) is 6.54 Å². The van der Waals surface area contributed by atoms with Crippen molar-refractivity contribution < 1.29 is 4.92 Å². The molecule has 0 atom stereocenters. The molecular weight excluding hydrogens is 156 g/mol. The maximum absolute atomic E-state index is 10.2. The number of nitrogens with zero attached hydrogens (tertiary/aromatic N) is 1. The molecule has 2 N–H and O–H groups in total. The van der Waals surface area contributed by atoms with E-state index in [0.717, 1.165) is 0 Å². The van der Waals surface area contributed by atoms with Crippen molar-refractivity contribution in [1.82, 2.24) is 0 Å². The summed E-state index contributed by atoms with van der Waals surface area (Å²) in [7, 11) is 0. The van der Waals surface area contributed by atoms with E-state index in [0.29, 0.717) is 13.0 Å². The fraction of sp³-hybridized carbons (Fsp3) is 1.00. The Labute approximate surface area is 66.3 Å². The number of rotatable bonds is 3. The van der Waals surface area contributed by atoms with Gasteiger partial charge in [-0.25, -0.2) is 0 Å². The van der Waals surface area contributed by atoms with Gasteiger partial charge in [-0.2, -0.15) is 0 Å². The molecule has 0 aromatic rings. The highest BCUT2D eigenvalue weighted by Crippen LogP contribution is 2.10. The lowest BCUT2D eigenvalue weighted by Gasteiger charge is -2.12. The normalized spacial score (nSPS) is 10.3. The summed E-state index contributed by atoms with van der Waals surface area (Å²) in [5.41, 5.74) is 4.30. The minimum Gasteiger partial charge on any atom is -0.330 e. The first-order chi connectivity index (χ1) is 4.00. The highest BCUT2D eigenvalue weighted by Gasteiger charge is 2.28. The summed E-state index contributed by atoms with van der Waals surface area (Å²) in [6.45, 7) is 3.51. The quantitative estimate of drug-likeness (QED) is 0.501. The van der Waals surface area contributed by atoms with Gasteiger partial charge in [-0.15, -0.1) is 12.4 Å². The Kier molecular flexibility index (Phi) is 5.51. The standard InChI is InChI=1S/C5H12N2O2.ClH/c1-5(2,3-4-6)7(8)9;/h3-4,6H2,1-2H3;1H. The first-order valence-corrected chi connectivity index (χ1v) is 2.85. The molecule has 0 spiro atoms. The van der Waals surface area contributed by atoms with E-state index in [4.69, 9.17) is 5.73 Å². The van der Waals surface area contributed by atoms with Gasteiger partial charge in [0.2, 0.25) is 5.54 Å². The predicted molar refractivity (Wildman–Crippen MR) is 42.0 cm³/mol. The molecule has 0 bridgehead atoms. The van der Waals surface area contributed by atoms with Crippen molar-refractivity contribution in [2.24, 2.45) is 5.73 Å². The molecule has 4 nitrogen and oxygen atoms in total. The monoisotopic (exact) mass is 168 g/mol. The van der Waals surface area contributed by atoms with Crippen LogP contribution in [-0.2, 0) is 0 Å². The fourth-order valence-electron chi connectivity index (χ4n) is 0.445. The van der Waals surface area contributed by atoms with Crippen LogP contribution in [0, 0.1) is 10.1 Å². The van der Waals surface area contributed by atoms with Gasteiger partial charge in [0.25, 0.3) is 0 Å². The molecule has 0 aliphatic carbocycles. The Morgan fingerprint density at radius 1 is 1.60 bits per heavy atom. The first kappa shape index (κ1) is 12.3. The molecule has 0 aromatic carbocycles. The van der Waals surface area contributed by atoms with E-state index in [-0.39, 0.29) is 17.3 Å². The van der Waals surface area contributed by atoms with Crippen molar-refractivity contribution in [3.05, 3.63) is 10.1 Å². The van der Waals surface area contributed by atoms with Crippen molar-refractivity contribution >= 4 is 12.4 Å². The van der Waals surface area contributed by atoms with Gasteiger partial charge >= 0.3 is 0 Å². The van der Waals surface area contributed by atoms with Crippen LogP contribution in [0.25, 0.3) is 0 Å². The van der Waals surface area contributed by atoms with Gasteiger partial charge in [0.05, 0.1) is 0 Å². The molecule has 0 rings (SSSR count). The molecule has 0 unspecified atom stereocenters. The van der Waals surface area contributed by atoms with Crippen molar-refractivity contribution in [3.63, 3.8) is 0 Å². The Hall–Kier alpha value is -0.350. The molecule has 0 aromatic heterocycles. The zero-order valence-corrected chi connectivity index (χ0v) is 6.98. The third-order valence-corrected chi connectivity index (χ3v) is 1.25. The molecule has 0 fully saturated rings. The molecule has 0 saturated heterocycles. The molecule has 0 heterocycles. The van der Waals surface area contributed by atoms with E-state index in [1.165, 1.54) is 0 Å². The first-order valence-electron chi connectivity index (χ1n) is 2.85. The predicted octanol–water partition coefficient (Wildman–Crippen LogP) is 0.812. The summed E-state index contributed by atoms with van der Waals surface area (Å²) >= 11 is 0. The van der Waals surface area contributed by atoms with Gasteiger partial charge in [-0.05, 0) is 6.54 Å². The Bertz CT molecular complexity index is 116. The molecule has 0 saturated carbocycles. The van der Waals surface area contributed by atoms with Crippen LogP contribution in [0.4, 0.5) is 0 Å². The molecule has 5 heteroatoms. The average molecular weight is 169 g/mol. The van der Waals surface area contributed by atoms with Crippen molar-refractivity contribution in [1.29, 1.82) is 0 Å². The second-order valence-corrected chi connectivity index (χ2v) is 2.61. The number of nitro groups is 1. The summed E-state index contributed by atoms with van der Waals surface area (Å²) in [5.74, 6) is 0. The lowest BCUT2D eigenvalue weighted by Crippen LogP contribution is -2.33. The van der Waals surface area contributed by atoms with Crippen LogP contribution in [0.2, 0.25) is 0 Å². The van der Waals surface area contributed by atoms with E-state index in [2.05, 4.69) is 0 Å². The van der Waals surface area contributed by atoms with Crippen molar-refractivity contribution in [2.45, 2.75) is 25.8 Å². The summed E-state index contributed by atoms with van der Waals surface area (Å²) in [5, 5.41) is 10.2. The molecule has 0 amide bonds. The van der Waals surface area contributed by atoms with Crippen LogP contribution in [-0.4, -0.2) is 17.0 Å². The maximum Gasteiger partial charge on any atom is 0.218 e. The summed E-state index contributed by atoms with van der Waals surface area (Å²) in [6.07, 6.45) is 0.431. The molecule has 0 aliphatic heterocycles. The fourth-order valence-corrected chi connectivity index (χ4v) is 0.445. The molecule has 10 heavy (non-hydrogen) atoms. The van der Waals surface area contributed by atoms with Gasteiger partial charge < -0.3 is 5.73 Å². The van der Waals surface area contributed by atoms with Gasteiger partial charge in [-0.1, -0.05) is 0 Å². The number of halogens is 1. The lowest BCUT2D eigenvalue weighted by atomic mass is 10.0. The Morgan fingerprint density at radius 3 is 2.10 bits per heavy atom. The van der Waals surface area contributed by atoms with Crippen LogP contribution >= 0.6 is 12.4 Å².